The Morgan fingerprint density at radius 3 is 2.39 bits per heavy atom. The predicted molar refractivity (Wildman–Crippen MR) is 56.5 cm³/mol. The summed E-state index contributed by atoms with van der Waals surface area (Å²) in [5.41, 5.74) is 3.16. The fourth-order valence-electron chi connectivity index (χ4n) is 1.86. The zero-order chi connectivity index (χ0) is 13.6. The van der Waals surface area contributed by atoms with Crippen molar-refractivity contribution in [1.82, 2.24) is 0 Å². The number of hydrogen-bond donors (Lipinski definition) is 1. The molecule has 18 heavy (non-hydrogen) atoms. The molecule has 0 bridgehead atoms. The lowest BCUT2D eigenvalue weighted by Crippen LogP contribution is -2.25. The molecule has 1 aliphatic carbocycles. The van der Waals surface area contributed by atoms with Gasteiger partial charge in [-0.05, 0) is 31.0 Å². The first-order valence-corrected chi connectivity index (χ1v) is 5.42. The van der Waals surface area contributed by atoms with Crippen LogP contribution in [0.4, 0.5) is 17.6 Å². The van der Waals surface area contributed by atoms with Gasteiger partial charge in [0.05, 0.1) is 5.56 Å². The van der Waals surface area contributed by atoms with Crippen molar-refractivity contribution in [3.05, 3.63) is 35.1 Å². The van der Waals surface area contributed by atoms with Crippen LogP contribution in [0.2, 0.25) is 0 Å². The molecule has 2 rings (SSSR count). The number of halogens is 4. The number of carbonyl (C=O) groups is 1. The van der Waals surface area contributed by atoms with Gasteiger partial charge in [-0.3, -0.25) is 4.79 Å². The SMILES string of the molecule is NCC1(C(=O)c2ccc(F)c(C(F)(F)F)c2)CC1. The number of Topliss-reactive ketones (excluding diaryl/α,β-unsaturated/α-hetero) is 1. The number of rotatable bonds is 3. The van der Waals surface area contributed by atoms with Crippen molar-refractivity contribution in [2.45, 2.75) is 19.0 Å². The zero-order valence-electron chi connectivity index (χ0n) is 9.35. The summed E-state index contributed by atoms with van der Waals surface area (Å²) >= 11 is 0. The van der Waals surface area contributed by atoms with Crippen molar-refractivity contribution < 1.29 is 22.4 Å². The molecule has 1 aromatic rings. The zero-order valence-corrected chi connectivity index (χ0v) is 9.35. The highest BCUT2D eigenvalue weighted by Gasteiger charge is 2.49. The summed E-state index contributed by atoms with van der Waals surface area (Å²) in [6.07, 6.45) is -3.66. The van der Waals surface area contributed by atoms with Gasteiger partial charge in [0, 0.05) is 17.5 Å². The smallest absolute Gasteiger partial charge is 0.329 e. The highest BCUT2D eigenvalue weighted by molar-refractivity contribution is 6.02. The lowest BCUT2D eigenvalue weighted by atomic mass is 9.93. The van der Waals surface area contributed by atoms with Crippen LogP contribution in [0.5, 0.6) is 0 Å². The lowest BCUT2D eigenvalue weighted by Gasteiger charge is -2.13. The molecule has 1 aliphatic rings. The molecule has 98 valence electrons. The first kappa shape index (κ1) is 13.0. The predicted octanol–water partition coefficient (Wildman–Crippen LogP) is 2.77. The normalized spacial score (nSPS) is 17.6. The van der Waals surface area contributed by atoms with Gasteiger partial charge in [-0.15, -0.1) is 0 Å². The Morgan fingerprint density at radius 1 is 1.33 bits per heavy atom. The van der Waals surface area contributed by atoms with E-state index in [2.05, 4.69) is 0 Å². The van der Waals surface area contributed by atoms with E-state index in [1.54, 1.807) is 0 Å². The minimum absolute atomic E-state index is 0.102. The average Bonchev–Trinajstić information content (AvgIpc) is 3.08. The van der Waals surface area contributed by atoms with Gasteiger partial charge < -0.3 is 5.73 Å². The van der Waals surface area contributed by atoms with Gasteiger partial charge in [0.1, 0.15) is 5.82 Å². The van der Waals surface area contributed by atoms with Gasteiger partial charge in [0.15, 0.2) is 5.78 Å². The molecule has 0 spiro atoms. The van der Waals surface area contributed by atoms with Crippen LogP contribution in [0.1, 0.15) is 28.8 Å². The third-order valence-corrected chi connectivity index (χ3v) is 3.26. The van der Waals surface area contributed by atoms with Crippen molar-refractivity contribution in [3.8, 4) is 0 Å². The molecule has 0 aliphatic heterocycles. The van der Waals surface area contributed by atoms with E-state index in [0.29, 0.717) is 25.0 Å². The maximum atomic E-state index is 13.1. The average molecular weight is 261 g/mol. The van der Waals surface area contributed by atoms with Gasteiger partial charge in [-0.25, -0.2) is 4.39 Å². The van der Waals surface area contributed by atoms with Crippen LogP contribution < -0.4 is 5.73 Å². The maximum absolute atomic E-state index is 13.1. The first-order valence-electron chi connectivity index (χ1n) is 5.42. The van der Waals surface area contributed by atoms with Crippen LogP contribution in [-0.4, -0.2) is 12.3 Å². The van der Waals surface area contributed by atoms with E-state index in [0.717, 1.165) is 6.07 Å². The van der Waals surface area contributed by atoms with Crippen LogP contribution in [0.15, 0.2) is 18.2 Å². The molecular formula is C12H11F4NO. The molecule has 0 atom stereocenters. The van der Waals surface area contributed by atoms with Crippen molar-refractivity contribution in [1.29, 1.82) is 0 Å². The fourth-order valence-corrected chi connectivity index (χ4v) is 1.86. The van der Waals surface area contributed by atoms with Gasteiger partial charge in [0.25, 0.3) is 0 Å². The van der Waals surface area contributed by atoms with E-state index in [1.165, 1.54) is 0 Å². The largest absolute Gasteiger partial charge is 0.419 e. The van der Waals surface area contributed by atoms with Crippen molar-refractivity contribution in [3.63, 3.8) is 0 Å². The Morgan fingerprint density at radius 2 is 1.94 bits per heavy atom. The van der Waals surface area contributed by atoms with E-state index in [4.69, 9.17) is 5.73 Å². The molecule has 0 heterocycles. The van der Waals surface area contributed by atoms with E-state index < -0.39 is 28.8 Å². The Hall–Kier alpha value is -1.43. The Bertz CT molecular complexity index is 491. The fraction of sp³-hybridized carbons (Fsp3) is 0.417. The third kappa shape index (κ3) is 2.12. The highest BCUT2D eigenvalue weighted by Crippen LogP contribution is 2.47. The molecule has 0 radical (unpaired) electrons. The summed E-state index contributed by atoms with van der Waals surface area (Å²) in [6, 6.07) is 2.30. The van der Waals surface area contributed by atoms with E-state index >= 15 is 0 Å². The lowest BCUT2D eigenvalue weighted by molar-refractivity contribution is -0.140. The topological polar surface area (TPSA) is 43.1 Å². The Labute approximate surface area is 101 Å². The van der Waals surface area contributed by atoms with E-state index in [9.17, 15) is 22.4 Å². The van der Waals surface area contributed by atoms with Gasteiger partial charge in [-0.2, -0.15) is 13.2 Å². The van der Waals surface area contributed by atoms with Crippen molar-refractivity contribution in [2.24, 2.45) is 11.1 Å². The maximum Gasteiger partial charge on any atom is 0.419 e. The van der Waals surface area contributed by atoms with Crippen LogP contribution in [-0.2, 0) is 6.18 Å². The molecule has 1 fully saturated rings. The minimum Gasteiger partial charge on any atom is -0.329 e. The second kappa shape index (κ2) is 4.05. The van der Waals surface area contributed by atoms with Gasteiger partial charge in [0.2, 0.25) is 0 Å². The molecule has 6 heteroatoms. The summed E-state index contributed by atoms with van der Waals surface area (Å²) < 4.78 is 50.6. The molecule has 0 unspecified atom stereocenters. The second-order valence-electron chi connectivity index (χ2n) is 4.51. The summed E-state index contributed by atoms with van der Waals surface area (Å²) in [6.45, 7) is 0.102. The molecule has 1 aromatic carbocycles. The molecule has 1 saturated carbocycles. The summed E-state index contributed by atoms with van der Waals surface area (Å²) in [4.78, 5) is 12.0. The van der Waals surface area contributed by atoms with Crippen LogP contribution >= 0.6 is 0 Å². The summed E-state index contributed by atoms with van der Waals surface area (Å²) in [5.74, 6) is -1.81. The number of benzene rings is 1. The molecule has 0 amide bonds. The van der Waals surface area contributed by atoms with Crippen LogP contribution in [0.3, 0.4) is 0 Å². The minimum atomic E-state index is -4.81. The van der Waals surface area contributed by atoms with Gasteiger partial charge in [-0.1, -0.05) is 0 Å². The molecule has 2 N–H and O–H groups in total. The highest BCUT2D eigenvalue weighted by atomic mass is 19.4. The summed E-state index contributed by atoms with van der Waals surface area (Å²) in [7, 11) is 0. The second-order valence-corrected chi connectivity index (χ2v) is 4.51. The number of alkyl halides is 3. The number of nitrogens with two attached hydrogens (primary N) is 1. The van der Waals surface area contributed by atoms with E-state index in [1.807, 2.05) is 0 Å². The third-order valence-electron chi connectivity index (χ3n) is 3.26. The molecule has 2 nitrogen and oxygen atoms in total. The Balaban J connectivity index is 2.39. The number of carbonyl (C=O) groups excluding carboxylic acids is 1. The first-order chi connectivity index (χ1) is 8.30. The monoisotopic (exact) mass is 261 g/mol. The standard InChI is InChI=1S/C12H11F4NO/c13-9-2-1-7(5-8(9)12(14,15)16)10(18)11(6-17)3-4-11/h1-2,5H,3-4,6,17H2. The quantitative estimate of drug-likeness (QED) is 0.671. The number of ketones is 1. The van der Waals surface area contributed by atoms with Crippen molar-refractivity contribution >= 4 is 5.78 Å². The van der Waals surface area contributed by atoms with E-state index in [-0.39, 0.29) is 12.1 Å². The van der Waals surface area contributed by atoms with Crippen molar-refractivity contribution in [2.75, 3.05) is 6.54 Å². The molecular weight excluding hydrogens is 250 g/mol. The van der Waals surface area contributed by atoms with Gasteiger partial charge >= 0.3 is 6.18 Å². The number of hydrogen-bond acceptors (Lipinski definition) is 2. The summed E-state index contributed by atoms with van der Waals surface area (Å²) in [5, 5.41) is 0. The Kier molecular flexibility index (Phi) is 2.93. The molecule has 0 saturated heterocycles. The van der Waals surface area contributed by atoms with Crippen LogP contribution in [0, 0.1) is 11.2 Å². The molecule has 0 aromatic heterocycles. The van der Waals surface area contributed by atoms with Crippen LogP contribution in [0.25, 0.3) is 0 Å².